The number of hydrogen-bond donors (Lipinski definition) is 0. The largest absolute Gasteiger partial charge is 0.462 e. The van der Waals surface area contributed by atoms with Gasteiger partial charge in [0.25, 0.3) is 5.56 Å². The molecule has 0 amide bonds. The van der Waals surface area contributed by atoms with E-state index in [-0.39, 0.29) is 23.8 Å². The van der Waals surface area contributed by atoms with Crippen LogP contribution in [0.5, 0.6) is 11.6 Å². The second kappa shape index (κ2) is 8.35. The van der Waals surface area contributed by atoms with Crippen molar-refractivity contribution in [1.82, 2.24) is 9.38 Å². The summed E-state index contributed by atoms with van der Waals surface area (Å²) in [5, 5.41) is 9.31. The van der Waals surface area contributed by atoms with Crippen molar-refractivity contribution < 1.29 is 18.7 Å². The summed E-state index contributed by atoms with van der Waals surface area (Å²) in [6.07, 6.45) is 2.54. The van der Waals surface area contributed by atoms with Crippen LogP contribution in [0, 0.1) is 24.1 Å². The molecule has 0 aliphatic heterocycles. The average molecular weight is 393 g/mol. The first-order valence-corrected chi connectivity index (χ1v) is 8.69. The zero-order chi connectivity index (χ0) is 21.0. The van der Waals surface area contributed by atoms with Gasteiger partial charge in [-0.25, -0.2) is 9.18 Å². The lowest BCUT2D eigenvalue weighted by Gasteiger charge is -2.11. The summed E-state index contributed by atoms with van der Waals surface area (Å²) in [5.74, 6) is -1.92. The molecule has 29 heavy (non-hydrogen) atoms. The predicted molar refractivity (Wildman–Crippen MR) is 103 cm³/mol. The number of rotatable bonds is 5. The Morgan fingerprint density at radius 2 is 2.07 bits per heavy atom. The number of ether oxygens (including phenoxy) is 2. The van der Waals surface area contributed by atoms with Crippen molar-refractivity contribution >= 4 is 17.7 Å². The Bertz CT molecular complexity index is 1220. The molecule has 0 aliphatic carbocycles. The molecule has 0 spiro atoms. The van der Waals surface area contributed by atoms with E-state index < -0.39 is 22.9 Å². The monoisotopic (exact) mass is 393 g/mol. The van der Waals surface area contributed by atoms with Gasteiger partial charge in [-0.15, -0.1) is 0 Å². The normalized spacial score (nSPS) is 11.2. The molecular weight excluding hydrogens is 377 g/mol. The minimum atomic E-state index is -0.888. The lowest BCUT2D eigenvalue weighted by molar-refractivity contribution is -0.137. The van der Waals surface area contributed by atoms with E-state index in [0.29, 0.717) is 11.2 Å². The van der Waals surface area contributed by atoms with E-state index >= 15 is 0 Å². The zero-order valence-corrected chi connectivity index (χ0v) is 15.7. The third kappa shape index (κ3) is 3.99. The van der Waals surface area contributed by atoms with Gasteiger partial charge in [-0.05, 0) is 43.7 Å². The first-order valence-electron chi connectivity index (χ1n) is 8.69. The second-order valence-electron chi connectivity index (χ2n) is 5.94. The van der Waals surface area contributed by atoms with Gasteiger partial charge < -0.3 is 9.47 Å². The smallest absolute Gasteiger partial charge is 0.348 e. The summed E-state index contributed by atoms with van der Waals surface area (Å²) >= 11 is 0. The number of aromatic nitrogens is 2. The molecule has 1 aromatic carbocycles. The van der Waals surface area contributed by atoms with Crippen molar-refractivity contribution in [3.8, 4) is 17.7 Å². The molecule has 8 heteroatoms. The van der Waals surface area contributed by atoms with E-state index in [2.05, 4.69) is 4.98 Å². The molecule has 2 heterocycles. The van der Waals surface area contributed by atoms with Crippen LogP contribution in [0.4, 0.5) is 4.39 Å². The maximum Gasteiger partial charge on any atom is 0.348 e. The molecule has 3 rings (SSSR count). The van der Waals surface area contributed by atoms with Gasteiger partial charge in [0.1, 0.15) is 22.9 Å². The molecule has 3 aromatic rings. The van der Waals surface area contributed by atoms with Crippen molar-refractivity contribution in [2.75, 3.05) is 6.61 Å². The van der Waals surface area contributed by atoms with Crippen LogP contribution in [0.3, 0.4) is 0 Å². The van der Waals surface area contributed by atoms with Crippen LogP contribution in [-0.2, 0) is 9.53 Å². The quantitative estimate of drug-likeness (QED) is 0.375. The Balaban J connectivity index is 2.27. The zero-order valence-electron chi connectivity index (χ0n) is 15.7. The highest BCUT2D eigenvalue weighted by Crippen LogP contribution is 2.26. The molecule has 0 saturated heterocycles. The standard InChI is InChI=1S/C21H16FN3O4/c1-3-28-21(27)14(12-23)11-15-19(29-17-9-5-4-8-16(17)22)24-18-13(2)7-6-10-25(18)20(15)26/h4-11H,3H2,1-2H3. The van der Waals surface area contributed by atoms with E-state index in [4.69, 9.17) is 9.47 Å². The maximum atomic E-state index is 14.1. The van der Waals surface area contributed by atoms with E-state index in [9.17, 15) is 19.2 Å². The Labute approximate surface area is 165 Å². The number of carbonyl (C=O) groups is 1. The minimum Gasteiger partial charge on any atom is -0.462 e. The van der Waals surface area contributed by atoms with Gasteiger partial charge in [-0.1, -0.05) is 18.2 Å². The van der Waals surface area contributed by atoms with Crippen molar-refractivity contribution in [1.29, 1.82) is 5.26 Å². The number of halogens is 1. The van der Waals surface area contributed by atoms with Crippen LogP contribution in [0.25, 0.3) is 11.7 Å². The van der Waals surface area contributed by atoms with Crippen LogP contribution < -0.4 is 10.3 Å². The molecule has 0 N–H and O–H groups in total. The van der Waals surface area contributed by atoms with Crippen LogP contribution in [-0.4, -0.2) is 22.0 Å². The van der Waals surface area contributed by atoms with Crippen LogP contribution >= 0.6 is 0 Å². The Morgan fingerprint density at radius 1 is 1.31 bits per heavy atom. The fourth-order valence-corrected chi connectivity index (χ4v) is 2.62. The number of benzene rings is 1. The van der Waals surface area contributed by atoms with Crippen molar-refractivity contribution in [3.63, 3.8) is 0 Å². The lowest BCUT2D eigenvalue weighted by atomic mass is 10.2. The Hall–Kier alpha value is -3.99. The summed E-state index contributed by atoms with van der Waals surface area (Å²) in [7, 11) is 0. The molecule has 0 unspecified atom stereocenters. The highest BCUT2D eigenvalue weighted by Gasteiger charge is 2.19. The van der Waals surface area contributed by atoms with Gasteiger partial charge in [0.2, 0.25) is 5.88 Å². The molecule has 0 atom stereocenters. The fourth-order valence-electron chi connectivity index (χ4n) is 2.62. The molecule has 0 saturated carbocycles. The highest BCUT2D eigenvalue weighted by molar-refractivity contribution is 5.98. The van der Waals surface area contributed by atoms with E-state index in [0.717, 1.165) is 6.08 Å². The van der Waals surface area contributed by atoms with Crippen molar-refractivity contribution in [2.45, 2.75) is 13.8 Å². The second-order valence-corrected chi connectivity index (χ2v) is 5.94. The highest BCUT2D eigenvalue weighted by atomic mass is 19.1. The fraction of sp³-hybridized carbons (Fsp3) is 0.143. The Kier molecular flexibility index (Phi) is 5.69. The summed E-state index contributed by atoms with van der Waals surface area (Å²) in [5.41, 5.74) is -0.181. The Morgan fingerprint density at radius 3 is 2.76 bits per heavy atom. The third-order valence-electron chi connectivity index (χ3n) is 4.00. The molecule has 146 valence electrons. The van der Waals surface area contributed by atoms with Gasteiger partial charge in [0.15, 0.2) is 11.6 Å². The number of carbonyl (C=O) groups excluding carboxylic acids is 1. The summed E-state index contributed by atoms with van der Waals surface area (Å²) in [6, 6.07) is 10.7. The van der Waals surface area contributed by atoms with Crippen LogP contribution in [0.1, 0.15) is 18.1 Å². The number of aryl methyl sites for hydroxylation is 1. The summed E-state index contributed by atoms with van der Waals surface area (Å²) in [6.45, 7) is 3.41. The number of pyridine rings is 1. The van der Waals surface area contributed by atoms with Gasteiger partial charge in [0, 0.05) is 6.20 Å². The predicted octanol–water partition coefficient (Wildman–Crippen LogP) is 3.40. The molecule has 0 fully saturated rings. The molecule has 0 aliphatic rings. The number of para-hydroxylation sites is 1. The molecule has 7 nitrogen and oxygen atoms in total. The van der Waals surface area contributed by atoms with E-state index in [1.54, 1.807) is 38.1 Å². The molecule has 0 radical (unpaired) electrons. The average Bonchev–Trinajstić information content (AvgIpc) is 2.70. The first kappa shape index (κ1) is 19.8. The number of nitrogens with zero attached hydrogens (tertiary/aromatic N) is 3. The van der Waals surface area contributed by atoms with Gasteiger partial charge in [-0.2, -0.15) is 10.2 Å². The number of esters is 1. The maximum absolute atomic E-state index is 14.1. The third-order valence-corrected chi connectivity index (χ3v) is 4.00. The van der Waals surface area contributed by atoms with Crippen LogP contribution in [0.15, 0.2) is 53.0 Å². The molecule has 0 bridgehead atoms. The van der Waals surface area contributed by atoms with Gasteiger partial charge >= 0.3 is 5.97 Å². The lowest BCUT2D eigenvalue weighted by Crippen LogP contribution is -2.20. The SMILES string of the molecule is CCOC(=O)C(C#N)=Cc1c(Oc2ccccc2F)nc2c(C)cccn2c1=O. The summed E-state index contributed by atoms with van der Waals surface area (Å²) < 4.78 is 25.7. The van der Waals surface area contributed by atoms with E-state index in [1.165, 1.54) is 28.8 Å². The number of nitriles is 1. The molecule has 2 aromatic heterocycles. The number of hydrogen-bond acceptors (Lipinski definition) is 6. The van der Waals surface area contributed by atoms with Crippen molar-refractivity contribution in [2.24, 2.45) is 0 Å². The molecular formula is C21H16FN3O4. The van der Waals surface area contributed by atoms with Gasteiger partial charge in [0.05, 0.1) is 6.61 Å². The van der Waals surface area contributed by atoms with Gasteiger partial charge in [-0.3, -0.25) is 9.20 Å². The number of fused-ring (bicyclic) bond motifs is 1. The first-order chi connectivity index (χ1) is 14.0. The van der Waals surface area contributed by atoms with Crippen LogP contribution in [0.2, 0.25) is 0 Å². The minimum absolute atomic E-state index is 0.0601. The van der Waals surface area contributed by atoms with Crippen molar-refractivity contribution in [3.05, 3.63) is 75.5 Å². The summed E-state index contributed by atoms with van der Waals surface area (Å²) in [4.78, 5) is 29.4. The topological polar surface area (TPSA) is 93.7 Å². The van der Waals surface area contributed by atoms with E-state index in [1.807, 2.05) is 0 Å².